The zero-order valence-electron chi connectivity index (χ0n) is 16.0. The molecule has 0 aliphatic rings. The SMILES string of the molecule is CNc1cccc(Nc2sc(-c3c(F)cc(C(C)(C)O)cc3F)cc2C(N)=O)n1. The molecule has 3 rings (SSSR count). The molecule has 2 aromatic heterocycles. The number of pyridine rings is 1. The summed E-state index contributed by atoms with van der Waals surface area (Å²) in [4.78, 5) is 16.4. The van der Waals surface area contributed by atoms with Gasteiger partial charge in [-0.25, -0.2) is 13.8 Å². The summed E-state index contributed by atoms with van der Waals surface area (Å²) in [5, 5.41) is 16.2. The number of halogens is 2. The van der Waals surface area contributed by atoms with Crippen LogP contribution in [0, 0.1) is 11.6 Å². The number of nitrogens with zero attached hydrogens (tertiary/aromatic N) is 1. The van der Waals surface area contributed by atoms with Gasteiger partial charge in [-0.2, -0.15) is 0 Å². The van der Waals surface area contributed by atoms with E-state index in [1.165, 1.54) is 19.9 Å². The monoisotopic (exact) mass is 418 g/mol. The summed E-state index contributed by atoms with van der Waals surface area (Å²) in [6.45, 7) is 2.87. The van der Waals surface area contributed by atoms with Crippen molar-refractivity contribution in [2.24, 2.45) is 5.73 Å². The van der Waals surface area contributed by atoms with Gasteiger partial charge in [-0.05, 0) is 49.7 Å². The van der Waals surface area contributed by atoms with Crippen molar-refractivity contribution in [2.45, 2.75) is 19.4 Å². The molecule has 3 aromatic rings. The second kappa shape index (κ2) is 7.76. The predicted octanol–water partition coefficient (Wildman–Crippen LogP) is 4.20. The van der Waals surface area contributed by atoms with Crippen LogP contribution in [0.4, 0.5) is 25.4 Å². The van der Waals surface area contributed by atoms with Gasteiger partial charge in [-0.15, -0.1) is 11.3 Å². The number of rotatable bonds is 6. The lowest BCUT2D eigenvalue weighted by atomic mass is 9.96. The van der Waals surface area contributed by atoms with Gasteiger partial charge in [0.05, 0.1) is 16.7 Å². The van der Waals surface area contributed by atoms with Gasteiger partial charge in [0.25, 0.3) is 5.91 Å². The highest BCUT2D eigenvalue weighted by Gasteiger charge is 2.24. The maximum absolute atomic E-state index is 14.7. The van der Waals surface area contributed by atoms with Gasteiger partial charge in [0, 0.05) is 11.9 Å². The molecule has 1 amide bonds. The van der Waals surface area contributed by atoms with E-state index in [2.05, 4.69) is 15.6 Å². The van der Waals surface area contributed by atoms with E-state index in [-0.39, 0.29) is 21.6 Å². The van der Waals surface area contributed by atoms with Crippen LogP contribution in [0.5, 0.6) is 0 Å². The van der Waals surface area contributed by atoms with Gasteiger partial charge < -0.3 is 21.5 Å². The largest absolute Gasteiger partial charge is 0.386 e. The number of benzene rings is 1. The number of hydrogen-bond donors (Lipinski definition) is 4. The number of thiophene rings is 1. The molecule has 2 heterocycles. The van der Waals surface area contributed by atoms with E-state index in [4.69, 9.17) is 5.73 Å². The third-order valence-corrected chi connectivity index (χ3v) is 5.31. The summed E-state index contributed by atoms with van der Waals surface area (Å²) in [5.74, 6) is -1.39. The number of carbonyl (C=O) groups is 1. The lowest BCUT2D eigenvalue weighted by molar-refractivity contribution is 0.0778. The molecule has 0 spiro atoms. The standard InChI is InChI=1S/C20H20F2N4O2S/c1-20(2,28)10-7-12(21)17(13(22)8-10)14-9-11(18(23)27)19(29-14)26-16-6-4-5-15(24-3)25-16/h4-9,28H,1-3H3,(H2,23,27)(H2,24,25,26). The summed E-state index contributed by atoms with van der Waals surface area (Å²) < 4.78 is 29.4. The Balaban J connectivity index is 2.06. The molecule has 0 aliphatic heterocycles. The maximum atomic E-state index is 14.7. The number of anilines is 3. The van der Waals surface area contributed by atoms with Crippen LogP contribution >= 0.6 is 11.3 Å². The molecule has 0 aliphatic carbocycles. The summed E-state index contributed by atoms with van der Waals surface area (Å²) >= 11 is 0.976. The average molecular weight is 418 g/mol. The Kier molecular flexibility index (Phi) is 5.54. The van der Waals surface area contributed by atoms with Gasteiger partial charge in [-0.1, -0.05) is 6.07 Å². The van der Waals surface area contributed by atoms with Crippen LogP contribution < -0.4 is 16.4 Å². The van der Waals surface area contributed by atoms with Crippen molar-refractivity contribution in [3.05, 3.63) is 59.2 Å². The number of nitrogens with one attached hydrogen (secondary N) is 2. The quantitative estimate of drug-likeness (QED) is 0.481. The molecular weight excluding hydrogens is 398 g/mol. The molecule has 0 saturated carbocycles. The molecule has 5 N–H and O–H groups in total. The average Bonchev–Trinajstić information content (AvgIpc) is 3.04. The second-order valence-electron chi connectivity index (χ2n) is 6.87. The number of aromatic nitrogens is 1. The summed E-state index contributed by atoms with van der Waals surface area (Å²) in [6.07, 6.45) is 0. The molecule has 9 heteroatoms. The van der Waals surface area contributed by atoms with Crippen LogP contribution in [0.1, 0.15) is 29.8 Å². The number of hydrogen-bond acceptors (Lipinski definition) is 6. The minimum absolute atomic E-state index is 0.0898. The van der Waals surface area contributed by atoms with Crippen LogP contribution in [0.2, 0.25) is 0 Å². The van der Waals surface area contributed by atoms with E-state index in [1.54, 1.807) is 25.2 Å². The fraction of sp³-hybridized carbons (Fsp3) is 0.200. The number of amides is 1. The van der Waals surface area contributed by atoms with Gasteiger partial charge >= 0.3 is 0 Å². The van der Waals surface area contributed by atoms with E-state index in [0.29, 0.717) is 16.6 Å². The van der Waals surface area contributed by atoms with Crippen molar-refractivity contribution in [2.75, 3.05) is 17.7 Å². The molecule has 0 bridgehead atoms. The minimum Gasteiger partial charge on any atom is -0.386 e. The third-order valence-electron chi connectivity index (χ3n) is 4.24. The smallest absolute Gasteiger partial charge is 0.251 e. The highest BCUT2D eigenvalue weighted by atomic mass is 32.1. The number of carbonyl (C=O) groups excluding carboxylic acids is 1. The Hall–Kier alpha value is -3.04. The summed E-state index contributed by atoms with van der Waals surface area (Å²) in [6, 6.07) is 8.69. The molecule has 1 aromatic carbocycles. The Morgan fingerprint density at radius 3 is 2.34 bits per heavy atom. The van der Waals surface area contributed by atoms with Gasteiger partial charge in [0.15, 0.2) is 0 Å². The zero-order valence-corrected chi connectivity index (χ0v) is 16.8. The van der Waals surface area contributed by atoms with Crippen LogP contribution in [-0.2, 0) is 5.60 Å². The Labute approximate surface area is 170 Å². The molecule has 0 saturated heterocycles. The fourth-order valence-corrected chi connectivity index (χ4v) is 3.83. The Morgan fingerprint density at radius 2 is 1.79 bits per heavy atom. The lowest BCUT2D eigenvalue weighted by Crippen LogP contribution is -2.16. The van der Waals surface area contributed by atoms with E-state index in [1.807, 2.05) is 0 Å². The molecule has 0 radical (unpaired) electrons. The second-order valence-corrected chi connectivity index (χ2v) is 7.93. The van der Waals surface area contributed by atoms with Gasteiger partial charge in [0.2, 0.25) is 0 Å². The molecule has 29 heavy (non-hydrogen) atoms. The zero-order chi connectivity index (χ0) is 21.3. The number of primary amides is 1. The first kappa shape index (κ1) is 20.7. The molecule has 152 valence electrons. The van der Waals surface area contributed by atoms with Crippen molar-refractivity contribution in [1.82, 2.24) is 4.98 Å². The van der Waals surface area contributed by atoms with E-state index >= 15 is 0 Å². The Bertz CT molecular complexity index is 1050. The van der Waals surface area contributed by atoms with Crippen molar-refractivity contribution in [3.63, 3.8) is 0 Å². The van der Waals surface area contributed by atoms with Crippen LogP contribution in [0.3, 0.4) is 0 Å². The van der Waals surface area contributed by atoms with Crippen LogP contribution in [-0.4, -0.2) is 23.0 Å². The molecule has 0 atom stereocenters. The molecule has 6 nitrogen and oxygen atoms in total. The molecule has 0 fully saturated rings. The summed E-state index contributed by atoms with van der Waals surface area (Å²) in [7, 11) is 1.72. The molecular formula is C20H20F2N4O2S. The van der Waals surface area contributed by atoms with Gasteiger partial charge in [0.1, 0.15) is 28.3 Å². The van der Waals surface area contributed by atoms with Crippen LogP contribution in [0.25, 0.3) is 10.4 Å². The summed E-state index contributed by atoms with van der Waals surface area (Å²) in [5.41, 5.74) is 3.95. The highest BCUT2D eigenvalue weighted by molar-refractivity contribution is 7.20. The van der Waals surface area contributed by atoms with Crippen molar-refractivity contribution in [3.8, 4) is 10.4 Å². The molecule has 0 unspecified atom stereocenters. The number of aliphatic hydroxyl groups is 1. The maximum Gasteiger partial charge on any atom is 0.251 e. The first-order valence-electron chi connectivity index (χ1n) is 8.68. The fourth-order valence-electron chi connectivity index (χ4n) is 2.71. The normalized spacial score (nSPS) is 11.4. The lowest BCUT2D eigenvalue weighted by Gasteiger charge is -2.18. The van der Waals surface area contributed by atoms with Crippen molar-refractivity contribution in [1.29, 1.82) is 0 Å². The van der Waals surface area contributed by atoms with E-state index < -0.39 is 23.1 Å². The first-order valence-corrected chi connectivity index (χ1v) is 9.49. The number of nitrogens with two attached hydrogens (primary N) is 1. The van der Waals surface area contributed by atoms with E-state index in [9.17, 15) is 18.7 Å². The topological polar surface area (TPSA) is 100 Å². The van der Waals surface area contributed by atoms with Gasteiger partial charge in [-0.3, -0.25) is 4.79 Å². The van der Waals surface area contributed by atoms with Crippen molar-refractivity contribution >= 4 is 33.9 Å². The van der Waals surface area contributed by atoms with E-state index in [0.717, 1.165) is 23.5 Å². The third kappa shape index (κ3) is 4.36. The van der Waals surface area contributed by atoms with Crippen molar-refractivity contribution < 1.29 is 18.7 Å². The minimum atomic E-state index is -1.40. The Morgan fingerprint density at radius 1 is 1.17 bits per heavy atom. The predicted molar refractivity (Wildman–Crippen MR) is 111 cm³/mol. The first-order chi connectivity index (χ1) is 13.6. The van der Waals surface area contributed by atoms with Crippen LogP contribution in [0.15, 0.2) is 36.4 Å². The highest BCUT2D eigenvalue weighted by Crippen LogP contribution is 2.40.